The SMILES string of the molecule is CCc1ccc(CNC(=O)c2ccc(Cn3c(SCc4cccc(Cl)c4)nc4ccncc43)cc2)cc1. The number of carbonyl (C=O) groups excluding carboxylic acids is 1. The number of nitrogens with zero attached hydrogens (tertiary/aromatic N) is 3. The maximum Gasteiger partial charge on any atom is 0.251 e. The highest BCUT2D eigenvalue weighted by molar-refractivity contribution is 7.98. The van der Waals surface area contributed by atoms with Crippen molar-refractivity contribution >= 4 is 40.3 Å². The molecule has 0 saturated carbocycles. The molecule has 5 rings (SSSR count). The van der Waals surface area contributed by atoms with Crippen LogP contribution in [0.15, 0.2) is 96.4 Å². The Morgan fingerprint density at radius 3 is 2.46 bits per heavy atom. The number of thioether (sulfide) groups is 1. The number of nitrogens with one attached hydrogen (secondary N) is 1. The van der Waals surface area contributed by atoms with Gasteiger partial charge in [-0.05, 0) is 59.0 Å². The van der Waals surface area contributed by atoms with Gasteiger partial charge in [0.1, 0.15) is 0 Å². The molecule has 0 aliphatic heterocycles. The van der Waals surface area contributed by atoms with Crippen LogP contribution in [0.5, 0.6) is 0 Å². The van der Waals surface area contributed by atoms with E-state index in [9.17, 15) is 4.79 Å². The number of pyridine rings is 1. The first kappa shape index (κ1) is 25.1. The van der Waals surface area contributed by atoms with Gasteiger partial charge in [-0.3, -0.25) is 9.78 Å². The molecule has 1 N–H and O–H groups in total. The van der Waals surface area contributed by atoms with Crippen LogP contribution in [0.4, 0.5) is 0 Å². The Labute approximate surface area is 225 Å². The Balaban J connectivity index is 1.28. The van der Waals surface area contributed by atoms with Gasteiger partial charge in [0, 0.05) is 29.1 Å². The Hall–Kier alpha value is -3.61. The lowest BCUT2D eigenvalue weighted by molar-refractivity contribution is 0.0951. The van der Waals surface area contributed by atoms with Crippen LogP contribution < -0.4 is 5.32 Å². The van der Waals surface area contributed by atoms with Crippen molar-refractivity contribution in [2.24, 2.45) is 0 Å². The minimum Gasteiger partial charge on any atom is -0.348 e. The van der Waals surface area contributed by atoms with Crippen LogP contribution in [-0.4, -0.2) is 20.4 Å². The molecule has 2 aromatic heterocycles. The van der Waals surface area contributed by atoms with Crippen molar-refractivity contribution in [1.82, 2.24) is 19.9 Å². The summed E-state index contributed by atoms with van der Waals surface area (Å²) in [6, 6.07) is 25.9. The predicted molar refractivity (Wildman–Crippen MR) is 151 cm³/mol. The van der Waals surface area contributed by atoms with E-state index in [0.29, 0.717) is 18.7 Å². The van der Waals surface area contributed by atoms with Crippen molar-refractivity contribution in [3.05, 3.63) is 124 Å². The quantitative estimate of drug-likeness (QED) is 0.212. The maximum atomic E-state index is 12.7. The van der Waals surface area contributed by atoms with E-state index in [1.807, 2.05) is 54.7 Å². The summed E-state index contributed by atoms with van der Waals surface area (Å²) in [4.78, 5) is 21.8. The normalized spacial score (nSPS) is 11.1. The molecular weight excluding hydrogens is 500 g/mol. The molecule has 7 heteroatoms. The molecule has 0 aliphatic rings. The van der Waals surface area contributed by atoms with Gasteiger partial charge in [-0.25, -0.2) is 4.98 Å². The van der Waals surface area contributed by atoms with Crippen LogP contribution in [0.3, 0.4) is 0 Å². The van der Waals surface area contributed by atoms with Crippen molar-refractivity contribution in [1.29, 1.82) is 0 Å². The number of amides is 1. The van der Waals surface area contributed by atoms with Gasteiger partial charge >= 0.3 is 0 Å². The fourth-order valence-electron chi connectivity index (χ4n) is 4.11. The van der Waals surface area contributed by atoms with E-state index in [2.05, 4.69) is 52.1 Å². The third-order valence-electron chi connectivity index (χ3n) is 6.21. The zero-order valence-electron chi connectivity index (χ0n) is 20.5. The highest BCUT2D eigenvalue weighted by Crippen LogP contribution is 2.28. The van der Waals surface area contributed by atoms with Crippen LogP contribution in [0, 0.1) is 0 Å². The average molecular weight is 527 g/mol. The Morgan fingerprint density at radius 1 is 0.946 bits per heavy atom. The van der Waals surface area contributed by atoms with Gasteiger partial charge in [0.05, 0.1) is 23.8 Å². The lowest BCUT2D eigenvalue weighted by Crippen LogP contribution is -2.22. The van der Waals surface area contributed by atoms with Crippen LogP contribution >= 0.6 is 23.4 Å². The first-order valence-electron chi connectivity index (χ1n) is 12.2. The van der Waals surface area contributed by atoms with E-state index in [1.54, 1.807) is 18.0 Å². The Bertz CT molecular complexity index is 1510. The third-order valence-corrected chi connectivity index (χ3v) is 7.50. The summed E-state index contributed by atoms with van der Waals surface area (Å²) >= 11 is 7.83. The van der Waals surface area contributed by atoms with Gasteiger partial charge in [0.25, 0.3) is 5.91 Å². The van der Waals surface area contributed by atoms with Crippen molar-refractivity contribution in [3.8, 4) is 0 Å². The zero-order valence-corrected chi connectivity index (χ0v) is 22.1. The molecule has 0 aliphatic carbocycles. The minimum atomic E-state index is -0.0823. The molecule has 0 bridgehead atoms. The van der Waals surface area contributed by atoms with Gasteiger partial charge in [-0.15, -0.1) is 0 Å². The summed E-state index contributed by atoms with van der Waals surface area (Å²) in [6.07, 6.45) is 4.61. The number of imidazole rings is 1. The van der Waals surface area contributed by atoms with Gasteiger partial charge < -0.3 is 9.88 Å². The monoisotopic (exact) mass is 526 g/mol. The van der Waals surface area contributed by atoms with Gasteiger partial charge in [0.2, 0.25) is 0 Å². The fraction of sp³-hybridized carbons (Fsp3) is 0.167. The van der Waals surface area contributed by atoms with E-state index in [0.717, 1.165) is 50.1 Å². The smallest absolute Gasteiger partial charge is 0.251 e. The highest BCUT2D eigenvalue weighted by atomic mass is 35.5. The molecule has 5 aromatic rings. The highest BCUT2D eigenvalue weighted by Gasteiger charge is 2.13. The summed E-state index contributed by atoms with van der Waals surface area (Å²) < 4.78 is 2.17. The lowest BCUT2D eigenvalue weighted by atomic mass is 10.1. The van der Waals surface area contributed by atoms with Gasteiger partial charge in [0.15, 0.2) is 5.16 Å². The van der Waals surface area contributed by atoms with Crippen LogP contribution in [0.1, 0.15) is 39.5 Å². The molecule has 3 aromatic carbocycles. The summed E-state index contributed by atoms with van der Waals surface area (Å²) in [5.74, 6) is 0.679. The second-order valence-corrected chi connectivity index (χ2v) is 10.2. The summed E-state index contributed by atoms with van der Waals surface area (Å²) in [7, 11) is 0. The number of benzene rings is 3. The number of rotatable bonds is 9. The maximum absolute atomic E-state index is 12.7. The number of aromatic nitrogens is 3. The molecule has 0 radical (unpaired) electrons. The van der Waals surface area contributed by atoms with E-state index in [1.165, 1.54) is 5.56 Å². The van der Waals surface area contributed by atoms with Crippen molar-refractivity contribution < 1.29 is 4.79 Å². The molecule has 0 fully saturated rings. The van der Waals surface area contributed by atoms with Crippen molar-refractivity contribution in [3.63, 3.8) is 0 Å². The van der Waals surface area contributed by atoms with E-state index in [-0.39, 0.29) is 5.91 Å². The lowest BCUT2D eigenvalue weighted by Gasteiger charge is -2.10. The summed E-state index contributed by atoms with van der Waals surface area (Å²) in [6.45, 7) is 3.27. The molecule has 1 amide bonds. The summed E-state index contributed by atoms with van der Waals surface area (Å²) in [5, 5.41) is 4.66. The number of carbonyl (C=O) groups is 1. The first-order chi connectivity index (χ1) is 18.1. The molecule has 0 spiro atoms. The van der Waals surface area contributed by atoms with Crippen LogP contribution in [0.25, 0.3) is 11.0 Å². The molecule has 0 unspecified atom stereocenters. The Morgan fingerprint density at radius 2 is 1.70 bits per heavy atom. The third kappa shape index (κ3) is 6.21. The number of aryl methyl sites for hydroxylation is 1. The van der Waals surface area contributed by atoms with E-state index < -0.39 is 0 Å². The standard InChI is InChI=1S/C30H27ClN4OS/c1-2-21-6-8-22(9-7-21)17-33-29(36)25-12-10-23(11-13-25)19-35-28-18-32-15-14-27(28)34-30(35)37-20-24-4-3-5-26(31)16-24/h3-16,18H,2,17,19-20H2,1H3,(H,33,36). The second kappa shape index (κ2) is 11.6. The molecule has 0 atom stereocenters. The topological polar surface area (TPSA) is 59.8 Å². The van der Waals surface area contributed by atoms with Crippen molar-refractivity contribution in [2.75, 3.05) is 0 Å². The van der Waals surface area contributed by atoms with Crippen LogP contribution in [-0.2, 0) is 25.3 Å². The molecule has 186 valence electrons. The van der Waals surface area contributed by atoms with Gasteiger partial charge in [-0.1, -0.05) is 78.8 Å². The van der Waals surface area contributed by atoms with E-state index >= 15 is 0 Å². The number of fused-ring (bicyclic) bond motifs is 1. The molecular formula is C30H27ClN4OS. The van der Waals surface area contributed by atoms with Crippen molar-refractivity contribution in [2.45, 2.75) is 37.3 Å². The number of halogens is 1. The van der Waals surface area contributed by atoms with Gasteiger partial charge in [-0.2, -0.15) is 0 Å². The summed E-state index contributed by atoms with van der Waals surface area (Å²) in [5.41, 5.74) is 7.13. The first-order valence-corrected chi connectivity index (χ1v) is 13.6. The second-order valence-electron chi connectivity index (χ2n) is 8.81. The fourth-order valence-corrected chi connectivity index (χ4v) is 5.28. The molecule has 5 nitrogen and oxygen atoms in total. The van der Waals surface area contributed by atoms with E-state index in [4.69, 9.17) is 16.6 Å². The predicted octanol–water partition coefficient (Wildman–Crippen LogP) is 6.92. The largest absolute Gasteiger partial charge is 0.348 e. The zero-order chi connectivity index (χ0) is 25.6. The molecule has 2 heterocycles. The molecule has 0 saturated heterocycles. The number of hydrogen-bond donors (Lipinski definition) is 1. The van der Waals surface area contributed by atoms with Crippen LogP contribution in [0.2, 0.25) is 5.02 Å². The Kier molecular flexibility index (Phi) is 7.87. The minimum absolute atomic E-state index is 0.0823. The average Bonchev–Trinajstić information content (AvgIpc) is 3.28. The number of hydrogen-bond acceptors (Lipinski definition) is 4. The molecule has 37 heavy (non-hydrogen) atoms.